The first-order valence-corrected chi connectivity index (χ1v) is 6.26. The fraction of sp³-hybridized carbons (Fsp3) is 0.500. The quantitative estimate of drug-likeness (QED) is 0.790. The predicted octanol–water partition coefficient (Wildman–Crippen LogP) is 1.22. The van der Waals surface area contributed by atoms with Gasteiger partial charge in [0, 0.05) is 24.3 Å². The Morgan fingerprint density at radius 1 is 1.65 bits per heavy atom. The fourth-order valence-corrected chi connectivity index (χ4v) is 2.41. The van der Waals surface area contributed by atoms with Gasteiger partial charge in [-0.25, -0.2) is 0 Å². The lowest BCUT2D eigenvalue weighted by molar-refractivity contribution is 0.261. The molecule has 0 bridgehead atoms. The second-order valence-electron chi connectivity index (χ2n) is 4.53. The molecule has 1 aliphatic rings. The lowest BCUT2D eigenvalue weighted by Gasteiger charge is -2.31. The Hall–Kier alpha value is -1.20. The summed E-state index contributed by atoms with van der Waals surface area (Å²) in [6.45, 7) is 2.22. The van der Waals surface area contributed by atoms with Gasteiger partial charge in [0.15, 0.2) is 0 Å². The van der Waals surface area contributed by atoms with Gasteiger partial charge in [0.1, 0.15) is 4.99 Å². The van der Waals surface area contributed by atoms with E-state index in [0.29, 0.717) is 11.0 Å². The van der Waals surface area contributed by atoms with E-state index in [1.165, 1.54) is 19.4 Å². The molecule has 3 N–H and O–H groups in total. The maximum atomic E-state index is 5.70. The van der Waals surface area contributed by atoms with E-state index in [0.717, 1.165) is 17.8 Å². The number of thiocarbonyl (C=S) groups is 1. The molecule has 92 valence electrons. The van der Waals surface area contributed by atoms with Crippen molar-refractivity contribution in [3.8, 4) is 0 Å². The van der Waals surface area contributed by atoms with E-state index in [-0.39, 0.29) is 0 Å². The average Bonchev–Trinajstić information content (AvgIpc) is 2.29. The summed E-state index contributed by atoms with van der Waals surface area (Å²) >= 11 is 5.04. The molecule has 0 aromatic carbocycles. The summed E-state index contributed by atoms with van der Waals surface area (Å²) in [5.41, 5.74) is 7.52. The summed E-state index contributed by atoms with van der Waals surface area (Å²) in [6.07, 6.45) is 5.91. The summed E-state index contributed by atoms with van der Waals surface area (Å²) in [4.78, 5) is 6.87. The number of likely N-dealkylation sites (N-methyl/N-ethyl adjacent to an activating group) is 1. The number of hydrogen-bond acceptors (Lipinski definition) is 4. The average molecular weight is 250 g/mol. The molecule has 0 amide bonds. The van der Waals surface area contributed by atoms with Crippen LogP contribution in [0.4, 0.5) is 5.69 Å². The zero-order valence-electron chi connectivity index (χ0n) is 10.0. The minimum absolute atomic E-state index is 0.416. The minimum atomic E-state index is 0.416. The van der Waals surface area contributed by atoms with Crippen LogP contribution in [-0.2, 0) is 0 Å². The van der Waals surface area contributed by atoms with E-state index in [9.17, 15) is 0 Å². The van der Waals surface area contributed by atoms with Crippen LogP contribution < -0.4 is 11.1 Å². The number of pyridine rings is 1. The summed E-state index contributed by atoms with van der Waals surface area (Å²) in [7, 11) is 2.14. The number of piperidine rings is 1. The molecule has 2 heterocycles. The van der Waals surface area contributed by atoms with Crippen molar-refractivity contribution in [2.75, 3.05) is 25.5 Å². The van der Waals surface area contributed by atoms with Crippen LogP contribution in [-0.4, -0.2) is 41.1 Å². The SMILES string of the molecule is CN1CCCC(Nc2cnccc2C(N)=S)C1. The van der Waals surface area contributed by atoms with Crippen LogP contribution in [0.15, 0.2) is 18.5 Å². The van der Waals surface area contributed by atoms with Gasteiger partial charge in [0.05, 0.1) is 11.9 Å². The Balaban J connectivity index is 2.10. The maximum absolute atomic E-state index is 5.70. The number of likely N-dealkylation sites (tertiary alicyclic amines) is 1. The fourth-order valence-electron chi connectivity index (χ4n) is 2.23. The molecule has 1 aromatic rings. The summed E-state index contributed by atoms with van der Waals surface area (Å²) in [6, 6.07) is 2.31. The monoisotopic (exact) mass is 250 g/mol. The first kappa shape index (κ1) is 12.3. The van der Waals surface area contributed by atoms with Crippen LogP contribution in [0.3, 0.4) is 0 Å². The molecule has 0 saturated carbocycles. The van der Waals surface area contributed by atoms with E-state index in [1.807, 2.05) is 6.07 Å². The molecule has 1 atom stereocenters. The van der Waals surface area contributed by atoms with Gasteiger partial charge in [-0.3, -0.25) is 4.98 Å². The largest absolute Gasteiger partial charge is 0.389 e. The molecular weight excluding hydrogens is 232 g/mol. The predicted molar refractivity (Wildman–Crippen MR) is 74.3 cm³/mol. The zero-order chi connectivity index (χ0) is 12.3. The number of nitrogens with zero attached hydrogens (tertiary/aromatic N) is 2. The summed E-state index contributed by atoms with van der Waals surface area (Å²) in [5.74, 6) is 0. The van der Waals surface area contributed by atoms with Gasteiger partial charge in [-0.1, -0.05) is 12.2 Å². The van der Waals surface area contributed by atoms with Crippen LogP contribution in [0.1, 0.15) is 18.4 Å². The topological polar surface area (TPSA) is 54.2 Å². The number of hydrogen-bond donors (Lipinski definition) is 2. The van der Waals surface area contributed by atoms with Crippen LogP contribution >= 0.6 is 12.2 Å². The summed E-state index contributed by atoms with van der Waals surface area (Å²) < 4.78 is 0. The van der Waals surface area contributed by atoms with E-state index in [1.54, 1.807) is 12.4 Å². The Morgan fingerprint density at radius 3 is 3.18 bits per heavy atom. The summed E-state index contributed by atoms with van der Waals surface area (Å²) in [5, 5.41) is 3.49. The van der Waals surface area contributed by atoms with Gasteiger partial charge in [-0.2, -0.15) is 0 Å². The Kier molecular flexibility index (Phi) is 3.91. The molecular formula is C12H18N4S. The smallest absolute Gasteiger partial charge is 0.106 e. The van der Waals surface area contributed by atoms with Gasteiger partial charge in [0.2, 0.25) is 0 Å². The van der Waals surface area contributed by atoms with Crippen LogP contribution in [0.2, 0.25) is 0 Å². The van der Waals surface area contributed by atoms with Gasteiger partial charge in [0.25, 0.3) is 0 Å². The second-order valence-corrected chi connectivity index (χ2v) is 4.97. The Morgan fingerprint density at radius 2 is 2.47 bits per heavy atom. The second kappa shape index (κ2) is 5.42. The first-order valence-electron chi connectivity index (χ1n) is 5.85. The molecule has 5 heteroatoms. The highest BCUT2D eigenvalue weighted by Crippen LogP contribution is 2.18. The standard InChI is InChI=1S/C12H18N4S/c1-16-6-2-3-9(8-16)15-11-7-14-5-4-10(11)12(13)17/h4-5,7,9,15H,2-3,6,8H2,1H3,(H2,13,17). The van der Waals surface area contributed by atoms with Crippen LogP contribution in [0.25, 0.3) is 0 Å². The first-order chi connectivity index (χ1) is 8.16. The van der Waals surface area contributed by atoms with Crippen molar-refractivity contribution >= 4 is 22.9 Å². The molecule has 0 radical (unpaired) electrons. The van der Waals surface area contributed by atoms with Gasteiger partial charge in [-0.05, 0) is 32.5 Å². The van der Waals surface area contributed by atoms with Crippen molar-refractivity contribution in [2.45, 2.75) is 18.9 Å². The molecule has 1 fully saturated rings. The van der Waals surface area contributed by atoms with Crippen molar-refractivity contribution in [3.05, 3.63) is 24.0 Å². The van der Waals surface area contributed by atoms with E-state index >= 15 is 0 Å². The van der Waals surface area contributed by atoms with Crippen LogP contribution in [0.5, 0.6) is 0 Å². The lowest BCUT2D eigenvalue weighted by Crippen LogP contribution is -2.40. The number of rotatable bonds is 3. The van der Waals surface area contributed by atoms with Crippen molar-refractivity contribution in [3.63, 3.8) is 0 Å². The number of aromatic nitrogens is 1. The molecule has 1 unspecified atom stereocenters. The maximum Gasteiger partial charge on any atom is 0.106 e. The molecule has 4 nitrogen and oxygen atoms in total. The third-order valence-electron chi connectivity index (χ3n) is 3.07. The number of anilines is 1. The van der Waals surface area contributed by atoms with Crippen molar-refractivity contribution in [1.29, 1.82) is 0 Å². The Bertz CT molecular complexity index is 407. The normalized spacial score (nSPS) is 21.1. The van der Waals surface area contributed by atoms with E-state index in [2.05, 4.69) is 22.2 Å². The van der Waals surface area contributed by atoms with Gasteiger partial charge in [-0.15, -0.1) is 0 Å². The molecule has 1 aromatic heterocycles. The van der Waals surface area contributed by atoms with E-state index in [4.69, 9.17) is 18.0 Å². The molecule has 17 heavy (non-hydrogen) atoms. The van der Waals surface area contributed by atoms with Gasteiger partial charge < -0.3 is 16.0 Å². The lowest BCUT2D eigenvalue weighted by atomic mass is 10.1. The van der Waals surface area contributed by atoms with Crippen molar-refractivity contribution in [1.82, 2.24) is 9.88 Å². The molecule has 0 aliphatic carbocycles. The molecule has 0 spiro atoms. The third-order valence-corrected chi connectivity index (χ3v) is 3.29. The van der Waals surface area contributed by atoms with Crippen molar-refractivity contribution in [2.24, 2.45) is 5.73 Å². The molecule has 1 saturated heterocycles. The zero-order valence-corrected chi connectivity index (χ0v) is 10.8. The van der Waals surface area contributed by atoms with Crippen molar-refractivity contribution < 1.29 is 0 Å². The highest BCUT2D eigenvalue weighted by atomic mass is 32.1. The molecule has 2 rings (SSSR count). The number of nitrogens with one attached hydrogen (secondary N) is 1. The minimum Gasteiger partial charge on any atom is -0.389 e. The van der Waals surface area contributed by atoms with E-state index < -0.39 is 0 Å². The third kappa shape index (κ3) is 3.14. The van der Waals surface area contributed by atoms with Crippen LogP contribution in [0, 0.1) is 0 Å². The highest BCUT2D eigenvalue weighted by Gasteiger charge is 2.18. The molecule has 1 aliphatic heterocycles. The van der Waals surface area contributed by atoms with Gasteiger partial charge >= 0.3 is 0 Å². The Labute approximate surface area is 107 Å². The highest BCUT2D eigenvalue weighted by molar-refractivity contribution is 7.80. The number of nitrogens with two attached hydrogens (primary N) is 1.